The number of aromatic nitrogens is 5. The lowest BCUT2D eigenvalue weighted by molar-refractivity contribution is 0.191. The Morgan fingerprint density at radius 2 is 1.82 bits per heavy atom. The van der Waals surface area contributed by atoms with Crippen molar-refractivity contribution in [3.63, 3.8) is 0 Å². The van der Waals surface area contributed by atoms with Gasteiger partial charge in [-0.25, -0.2) is 14.5 Å². The molecule has 0 saturated heterocycles. The van der Waals surface area contributed by atoms with Crippen molar-refractivity contribution in [2.75, 3.05) is 0 Å². The van der Waals surface area contributed by atoms with Crippen LogP contribution in [0.25, 0.3) is 11.3 Å². The Morgan fingerprint density at radius 1 is 1.18 bits per heavy atom. The van der Waals surface area contributed by atoms with E-state index in [-0.39, 0.29) is 38.6 Å². The minimum atomic E-state index is -1.11. The van der Waals surface area contributed by atoms with Crippen LogP contribution < -0.4 is 21.5 Å². The highest BCUT2D eigenvalue weighted by molar-refractivity contribution is 6.37. The maximum atomic E-state index is 12.0. The highest BCUT2D eigenvalue weighted by Gasteiger charge is 2.17. The van der Waals surface area contributed by atoms with Crippen LogP contribution in [0.3, 0.4) is 0 Å². The summed E-state index contributed by atoms with van der Waals surface area (Å²) in [6.07, 6.45) is 0.0803. The molecule has 0 amide bonds. The first kappa shape index (κ1) is 19.8. The van der Waals surface area contributed by atoms with E-state index in [1.165, 1.54) is 32.3 Å². The van der Waals surface area contributed by atoms with Crippen LogP contribution in [0, 0.1) is 0 Å². The summed E-state index contributed by atoms with van der Waals surface area (Å²) in [5, 5.41) is 13.5. The molecule has 0 aliphatic heterocycles. The van der Waals surface area contributed by atoms with Gasteiger partial charge in [-0.15, -0.1) is 0 Å². The molecule has 28 heavy (non-hydrogen) atoms. The van der Waals surface area contributed by atoms with Gasteiger partial charge in [0.15, 0.2) is 11.4 Å². The van der Waals surface area contributed by atoms with Gasteiger partial charge in [0.1, 0.15) is 5.69 Å². The molecule has 0 bridgehead atoms. The molecule has 0 radical (unpaired) electrons. The van der Waals surface area contributed by atoms with Crippen molar-refractivity contribution in [3.8, 4) is 22.9 Å². The van der Waals surface area contributed by atoms with E-state index >= 15 is 0 Å². The molecule has 0 fully saturated rings. The predicted octanol–water partition coefficient (Wildman–Crippen LogP) is 1.37. The summed E-state index contributed by atoms with van der Waals surface area (Å²) >= 11 is 12.4. The Morgan fingerprint density at radius 3 is 2.43 bits per heavy atom. The number of aliphatic hydroxyl groups is 1. The van der Waals surface area contributed by atoms with Gasteiger partial charge in [-0.05, 0) is 19.1 Å². The van der Waals surface area contributed by atoms with E-state index in [2.05, 4.69) is 20.1 Å². The zero-order chi connectivity index (χ0) is 20.6. The number of halogens is 2. The third-order valence-corrected chi connectivity index (χ3v) is 4.21. The molecular weight excluding hydrogens is 413 g/mol. The summed E-state index contributed by atoms with van der Waals surface area (Å²) in [5.74, 6) is -0.0328. The normalized spacial score (nSPS) is 12.0. The van der Waals surface area contributed by atoms with Crippen LogP contribution >= 0.6 is 23.2 Å². The summed E-state index contributed by atoms with van der Waals surface area (Å²) in [5.41, 5.74) is -1.86. The first-order valence-electron chi connectivity index (χ1n) is 7.80. The average Bonchev–Trinajstić information content (AvgIpc) is 2.62. The lowest BCUT2D eigenvalue weighted by Gasteiger charge is -2.12. The third-order valence-electron chi connectivity index (χ3n) is 3.64. The smallest absolute Gasteiger partial charge is 0.344 e. The van der Waals surface area contributed by atoms with Crippen molar-refractivity contribution < 1.29 is 9.84 Å². The third kappa shape index (κ3) is 3.84. The Bertz CT molecular complexity index is 1210. The number of ether oxygens (including phenoxy) is 1. The number of aliphatic hydroxyl groups excluding tert-OH is 1. The summed E-state index contributed by atoms with van der Waals surface area (Å²) in [4.78, 5) is 43.5. The Balaban J connectivity index is 2.03. The second kappa shape index (κ2) is 7.58. The van der Waals surface area contributed by atoms with Crippen LogP contribution in [0.1, 0.15) is 18.7 Å². The molecule has 0 saturated carbocycles. The van der Waals surface area contributed by atoms with Gasteiger partial charge in [0.05, 0.1) is 22.3 Å². The number of H-pyrrole nitrogens is 2. The summed E-state index contributed by atoms with van der Waals surface area (Å²) in [7, 11) is 1.38. The summed E-state index contributed by atoms with van der Waals surface area (Å²) < 4.78 is 6.49. The molecule has 3 rings (SSSR count). The zero-order valence-electron chi connectivity index (χ0n) is 14.5. The topological polar surface area (TPSA) is 143 Å². The number of hydrogen-bond acceptors (Lipinski definition) is 7. The van der Waals surface area contributed by atoms with E-state index in [0.717, 1.165) is 4.68 Å². The SMILES string of the molecule is CC(O)c1nc(Oc2c(Cl)cc(-c3nn(C)c(=O)[nH]c3=O)cc2Cl)c[nH]c1=O. The van der Waals surface area contributed by atoms with Crippen LogP contribution in [0.15, 0.2) is 32.7 Å². The van der Waals surface area contributed by atoms with Gasteiger partial charge in [0, 0.05) is 12.6 Å². The van der Waals surface area contributed by atoms with Crippen molar-refractivity contribution >= 4 is 23.2 Å². The zero-order valence-corrected chi connectivity index (χ0v) is 16.0. The van der Waals surface area contributed by atoms with Gasteiger partial charge in [-0.2, -0.15) is 5.10 Å². The van der Waals surface area contributed by atoms with E-state index in [0.29, 0.717) is 0 Å². The summed E-state index contributed by atoms with van der Waals surface area (Å²) in [6.45, 7) is 1.38. The van der Waals surface area contributed by atoms with Crippen LogP contribution in [0.2, 0.25) is 10.0 Å². The number of nitrogens with zero attached hydrogens (tertiary/aromatic N) is 3. The molecule has 2 heterocycles. The molecule has 0 aliphatic rings. The Hall–Kier alpha value is -2.95. The number of benzene rings is 1. The highest BCUT2D eigenvalue weighted by Crippen LogP contribution is 2.38. The number of rotatable bonds is 4. The van der Waals surface area contributed by atoms with Crippen molar-refractivity contribution in [1.29, 1.82) is 0 Å². The molecule has 1 aromatic carbocycles. The van der Waals surface area contributed by atoms with Crippen molar-refractivity contribution in [1.82, 2.24) is 24.7 Å². The average molecular weight is 426 g/mol. The molecule has 2 aromatic heterocycles. The molecule has 3 aromatic rings. The van der Waals surface area contributed by atoms with Crippen LogP contribution in [0.4, 0.5) is 0 Å². The van der Waals surface area contributed by atoms with Gasteiger partial charge in [0.25, 0.3) is 11.1 Å². The van der Waals surface area contributed by atoms with Gasteiger partial charge >= 0.3 is 5.69 Å². The second-order valence-electron chi connectivity index (χ2n) is 5.73. The molecule has 10 nitrogen and oxygen atoms in total. The van der Waals surface area contributed by atoms with Crippen LogP contribution in [-0.4, -0.2) is 29.8 Å². The molecule has 1 atom stereocenters. The quantitative estimate of drug-likeness (QED) is 0.572. The lowest BCUT2D eigenvalue weighted by atomic mass is 10.1. The van der Waals surface area contributed by atoms with Crippen molar-refractivity contribution in [2.24, 2.45) is 7.05 Å². The number of hydrogen-bond donors (Lipinski definition) is 3. The van der Waals surface area contributed by atoms with E-state index in [9.17, 15) is 19.5 Å². The fraction of sp³-hybridized carbons (Fsp3) is 0.188. The first-order valence-corrected chi connectivity index (χ1v) is 8.55. The molecule has 12 heteroatoms. The molecule has 0 spiro atoms. The Labute approximate surface area is 166 Å². The fourth-order valence-electron chi connectivity index (χ4n) is 2.30. The van der Waals surface area contributed by atoms with Crippen molar-refractivity contribution in [2.45, 2.75) is 13.0 Å². The van der Waals surface area contributed by atoms with E-state index in [1.807, 2.05) is 0 Å². The minimum absolute atomic E-state index is 0.0180. The number of nitrogens with one attached hydrogen (secondary N) is 2. The van der Waals surface area contributed by atoms with Gasteiger partial charge in [0.2, 0.25) is 5.88 Å². The number of aryl methyl sites for hydroxylation is 1. The molecule has 3 N–H and O–H groups in total. The Kier molecular flexibility index (Phi) is 5.36. The second-order valence-corrected chi connectivity index (χ2v) is 6.55. The monoisotopic (exact) mass is 425 g/mol. The highest BCUT2D eigenvalue weighted by atomic mass is 35.5. The van der Waals surface area contributed by atoms with Crippen molar-refractivity contribution in [3.05, 3.63) is 65.3 Å². The van der Waals surface area contributed by atoms with Gasteiger partial charge in [-0.3, -0.25) is 14.6 Å². The first-order chi connectivity index (χ1) is 13.2. The molecule has 0 aliphatic carbocycles. The molecule has 146 valence electrons. The van der Waals surface area contributed by atoms with Crippen LogP contribution in [0.5, 0.6) is 11.6 Å². The van der Waals surface area contributed by atoms with Crippen LogP contribution in [-0.2, 0) is 7.05 Å². The van der Waals surface area contributed by atoms with Gasteiger partial charge in [-0.1, -0.05) is 23.2 Å². The van der Waals surface area contributed by atoms with Gasteiger partial charge < -0.3 is 14.8 Å². The predicted molar refractivity (Wildman–Crippen MR) is 101 cm³/mol. The standard InChI is InChI=1S/C16H13Cl2N5O5/c1-6(24)11-14(25)19-5-10(20-11)28-13-8(17)3-7(4-9(13)18)12-15(26)21-16(27)23(2)22-12/h3-6,24H,1-2H3,(H,19,25)(H,21,26,27). The maximum Gasteiger partial charge on any atom is 0.344 e. The largest absolute Gasteiger partial charge is 0.434 e. The molecular formula is C16H13Cl2N5O5. The van der Waals surface area contributed by atoms with E-state index in [1.54, 1.807) is 0 Å². The lowest BCUT2D eigenvalue weighted by Crippen LogP contribution is -2.31. The fourth-order valence-corrected chi connectivity index (χ4v) is 2.87. The summed E-state index contributed by atoms with van der Waals surface area (Å²) in [6, 6.07) is 2.76. The number of aromatic amines is 2. The molecule has 1 unspecified atom stereocenters. The van der Waals surface area contributed by atoms with E-state index in [4.69, 9.17) is 27.9 Å². The maximum absolute atomic E-state index is 12.0. The van der Waals surface area contributed by atoms with E-state index < -0.39 is 22.9 Å². The minimum Gasteiger partial charge on any atom is -0.434 e.